The number of hydrogen-bond donors (Lipinski definition) is 2. The molecule has 0 fully saturated rings. The van der Waals surface area contributed by atoms with Gasteiger partial charge in [-0.05, 0) is 31.4 Å². The molecule has 0 aliphatic rings. The van der Waals surface area contributed by atoms with E-state index in [4.69, 9.17) is 0 Å². The third-order valence-electron chi connectivity index (χ3n) is 2.90. The Balaban J connectivity index is 2.64. The van der Waals surface area contributed by atoms with E-state index in [1.807, 2.05) is 32.0 Å². The van der Waals surface area contributed by atoms with Gasteiger partial charge >= 0.3 is 0 Å². The Bertz CT molecular complexity index is 750. The predicted molar refractivity (Wildman–Crippen MR) is 65.9 cm³/mol. The van der Waals surface area contributed by atoms with Gasteiger partial charge in [-0.25, -0.2) is 0 Å². The fourth-order valence-electron chi connectivity index (χ4n) is 2.16. The van der Waals surface area contributed by atoms with E-state index < -0.39 is 0 Å². The first-order valence-corrected chi connectivity index (χ1v) is 5.27. The van der Waals surface area contributed by atoms with Crippen LogP contribution in [0.5, 0.6) is 0 Å². The highest BCUT2D eigenvalue weighted by molar-refractivity contribution is 6.04. The number of aromatic amines is 2. The molecule has 16 heavy (non-hydrogen) atoms. The van der Waals surface area contributed by atoms with Gasteiger partial charge in [0.2, 0.25) is 0 Å². The molecule has 2 N–H and O–H groups in total. The zero-order valence-corrected chi connectivity index (χ0v) is 9.22. The van der Waals surface area contributed by atoms with Gasteiger partial charge in [-0.15, -0.1) is 0 Å². The normalized spacial score (nSPS) is 11.4. The van der Waals surface area contributed by atoms with E-state index in [1.54, 1.807) is 0 Å². The molecular formula is C13H12N2O. The van der Waals surface area contributed by atoms with E-state index in [2.05, 4.69) is 16.0 Å². The van der Waals surface area contributed by atoms with Gasteiger partial charge in [0.25, 0.3) is 5.56 Å². The van der Waals surface area contributed by atoms with Crippen LogP contribution in [-0.2, 0) is 0 Å². The smallest absolute Gasteiger partial charge is 0.257 e. The zero-order valence-electron chi connectivity index (χ0n) is 9.22. The molecule has 2 aromatic heterocycles. The summed E-state index contributed by atoms with van der Waals surface area (Å²) in [6.45, 7) is 3.98. The summed E-state index contributed by atoms with van der Waals surface area (Å²) in [4.78, 5) is 17.9. The average Bonchev–Trinajstić information content (AvgIpc) is 2.59. The van der Waals surface area contributed by atoms with E-state index in [-0.39, 0.29) is 5.56 Å². The van der Waals surface area contributed by atoms with Crippen LogP contribution >= 0.6 is 0 Å². The van der Waals surface area contributed by atoms with Crippen LogP contribution in [0.2, 0.25) is 0 Å². The molecule has 0 saturated heterocycles. The van der Waals surface area contributed by atoms with Crippen LogP contribution in [0.1, 0.15) is 11.3 Å². The molecule has 0 bridgehead atoms. The number of pyridine rings is 1. The molecule has 80 valence electrons. The molecule has 0 amide bonds. The summed E-state index contributed by atoms with van der Waals surface area (Å²) in [5, 5.41) is 2.84. The van der Waals surface area contributed by atoms with E-state index in [1.165, 1.54) is 0 Å². The van der Waals surface area contributed by atoms with Gasteiger partial charge in [-0.1, -0.05) is 17.7 Å². The van der Waals surface area contributed by atoms with Crippen molar-refractivity contribution in [1.29, 1.82) is 0 Å². The monoisotopic (exact) mass is 212 g/mol. The molecule has 3 heteroatoms. The van der Waals surface area contributed by atoms with Crippen molar-refractivity contribution in [2.24, 2.45) is 0 Å². The summed E-state index contributed by atoms with van der Waals surface area (Å²) in [6, 6.07) is 8.03. The van der Waals surface area contributed by atoms with Gasteiger partial charge in [0, 0.05) is 16.5 Å². The lowest BCUT2D eigenvalue weighted by Gasteiger charge is -2.00. The number of nitrogens with one attached hydrogen (secondary N) is 2. The number of aromatic nitrogens is 2. The lowest BCUT2D eigenvalue weighted by molar-refractivity contribution is 1.23. The van der Waals surface area contributed by atoms with Crippen LogP contribution in [0.4, 0.5) is 0 Å². The topological polar surface area (TPSA) is 48.6 Å². The fourth-order valence-corrected chi connectivity index (χ4v) is 2.16. The molecule has 2 heterocycles. The Kier molecular flexibility index (Phi) is 1.72. The van der Waals surface area contributed by atoms with Crippen LogP contribution in [0.15, 0.2) is 29.1 Å². The van der Waals surface area contributed by atoms with Crippen LogP contribution < -0.4 is 5.56 Å². The number of hydrogen-bond acceptors (Lipinski definition) is 1. The van der Waals surface area contributed by atoms with Gasteiger partial charge in [-0.2, -0.15) is 0 Å². The first-order valence-electron chi connectivity index (χ1n) is 5.27. The number of H-pyrrole nitrogens is 2. The highest BCUT2D eigenvalue weighted by atomic mass is 16.1. The largest absolute Gasteiger partial charge is 0.345 e. The van der Waals surface area contributed by atoms with Gasteiger partial charge in [0.05, 0.1) is 0 Å². The molecule has 3 nitrogen and oxygen atoms in total. The molecule has 0 aliphatic heterocycles. The third kappa shape index (κ3) is 1.18. The number of benzene rings is 1. The molecule has 0 unspecified atom stereocenters. The Morgan fingerprint density at radius 2 is 1.75 bits per heavy atom. The van der Waals surface area contributed by atoms with E-state index in [0.717, 1.165) is 33.1 Å². The summed E-state index contributed by atoms with van der Waals surface area (Å²) in [5.41, 5.74) is 2.93. The summed E-state index contributed by atoms with van der Waals surface area (Å²) in [6.07, 6.45) is 0. The first-order chi connectivity index (χ1) is 7.65. The van der Waals surface area contributed by atoms with Crippen molar-refractivity contribution >= 4 is 21.8 Å². The molecule has 0 saturated carbocycles. The molecule has 0 radical (unpaired) electrons. The maximum atomic E-state index is 11.9. The van der Waals surface area contributed by atoms with Crippen molar-refractivity contribution < 1.29 is 0 Å². The maximum absolute atomic E-state index is 11.9. The van der Waals surface area contributed by atoms with Gasteiger partial charge in [0.1, 0.15) is 5.65 Å². The molecule has 0 aliphatic carbocycles. The summed E-state index contributed by atoms with van der Waals surface area (Å²) >= 11 is 0. The second kappa shape index (κ2) is 2.98. The number of aryl methyl sites for hydroxylation is 2. The van der Waals surface area contributed by atoms with Crippen molar-refractivity contribution in [2.45, 2.75) is 13.8 Å². The first kappa shape index (κ1) is 9.21. The average molecular weight is 212 g/mol. The zero-order chi connectivity index (χ0) is 11.3. The SMILES string of the molecule is Cc1ccc2c(c1)c(=O)[nH]c1[nH]c(C)cc12. The Morgan fingerprint density at radius 3 is 2.56 bits per heavy atom. The fraction of sp³-hybridized carbons (Fsp3) is 0.154. The van der Waals surface area contributed by atoms with Gasteiger partial charge in [-0.3, -0.25) is 4.79 Å². The van der Waals surface area contributed by atoms with E-state index in [0.29, 0.717) is 0 Å². The Labute approximate surface area is 92.1 Å². The highest BCUT2D eigenvalue weighted by Gasteiger charge is 2.06. The molecule has 1 aromatic carbocycles. The van der Waals surface area contributed by atoms with Crippen LogP contribution in [0.25, 0.3) is 21.8 Å². The second-order valence-corrected chi connectivity index (χ2v) is 4.24. The predicted octanol–water partition coefficient (Wildman–Crippen LogP) is 2.63. The Morgan fingerprint density at radius 1 is 0.938 bits per heavy atom. The quantitative estimate of drug-likeness (QED) is 0.591. The minimum Gasteiger partial charge on any atom is -0.345 e. The van der Waals surface area contributed by atoms with Crippen molar-refractivity contribution in [2.75, 3.05) is 0 Å². The van der Waals surface area contributed by atoms with Crippen molar-refractivity contribution in [3.8, 4) is 0 Å². The third-order valence-corrected chi connectivity index (χ3v) is 2.90. The number of fused-ring (bicyclic) bond motifs is 3. The van der Waals surface area contributed by atoms with E-state index in [9.17, 15) is 4.79 Å². The molecule has 0 spiro atoms. The summed E-state index contributed by atoms with van der Waals surface area (Å²) in [5.74, 6) is 0. The standard InChI is InChI=1S/C13H12N2O/c1-7-3-4-9-10-6-8(2)14-12(10)15-13(16)11(9)5-7/h3-6H,1-2H3,(H2,14,15,16). The molecule has 0 atom stereocenters. The van der Waals surface area contributed by atoms with Crippen molar-refractivity contribution in [3.05, 3.63) is 45.9 Å². The van der Waals surface area contributed by atoms with Gasteiger partial charge < -0.3 is 9.97 Å². The van der Waals surface area contributed by atoms with Crippen molar-refractivity contribution in [1.82, 2.24) is 9.97 Å². The Hall–Kier alpha value is -2.03. The molecule has 3 rings (SSSR count). The lowest BCUT2D eigenvalue weighted by Crippen LogP contribution is -2.06. The van der Waals surface area contributed by atoms with Crippen LogP contribution in [0, 0.1) is 13.8 Å². The van der Waals surface area contributed by atoms with Crippen LogP contribution in [0.3, 0.4) is 0 Å². The molecular weight excluding hydrogens is 200 g/mol. The lowest BCUT2D eigenvalue weighted by atomic mass is 10.1. The van der Waals surface area contributed by atoms with Gasteiger partial charge in [0.15, 0.2) is 0 Å². The summed E-state index contributed by atoms with van der Waals surface area (Å²) < 4.78 is 0. The van der Waals surface area contributed by atoms with Crippen LogP contribution in [-0.4, -0.2) is 9.97 Å². The second-order valence-electron chi connectivity index (χ2n) is 4.24. The van der Waals surface area contributed by atoms with E-state index >= 15 is 0 Å². The number of rotatable bonds is 0. The minimum absolute atomic E-state index is 0.0342. The molecule has 3 aromatic rings. The highest BCUT2D eigenvalue weighted by Crippen LogP contribution is 2.22. The maximum Gasteiger partial charge on any atom is 0.257 e. The summed E-state index contributed by atoms with van der Waals surface area (Å²) in [7, 11) is 0. The minimum atomic E-state index is -0.0342. The van der Waals surface area contributed by atoms with Crippen molar-refractivity contribution in [3.63, 3.8) is 0 Å².